The maximum absolute atomic E-state index is 8.95. The molecule has 2 rings (SSSR count). The summed E-state index contributed by atoms with van der Waals surface area (Å²) in [6, 6.07) is 3.93. The van der Waals surface area contributed by atoms with Crippen LogP contribution < -0.4 is 4.74 Å². The number of hydrogen-bond acceptors (Lipinski definition) is 4. The lowest BCUT2D eigenvalue weighted by atomic mass is 10.1. The normalized spacial score (nSPS) is 11.8. The molecule has 0 aliphatic carbocycles. The van der Waals surface area contributed by atoms with Gasteiger partial charge in [-0.15, -0.1) is 0 Å². The van der Waals surface area contributed by atoms with Crippen LogP contribution in [-0.2, 0) is 0 Å². The van der Waals surface area contributed by atoms with E-state index >= 15 is 0 Å². The van der Waals surface area contributed by atoms with E-state index in [0.717, 1.165) is 11.1 Å². The fourth-order valence-electron chi connectivity index (χ4n) is 1.78. The fourth-order valence-corrected chi connectivity index (χ4v) is 1.78. The summed E-state index contributed by atoms with van der Waals surface area (Å²) in [6.45, 7) is 1.97. The summed E-state index contributed by atoms with van der Waals surface area (Å²) >= 11 is 0. The molecule has 0 aliphatic heterocycles. The zero-order valence-corrected chi connectivity index (χ0v) is 10.4. The topological polar surface area (TPSA) is 63.7 Å². The molecule has 5 heteroatoms. The van der Waals surface area contributed by atoms with Crippen LogP contribution >= 0.6 is 0 Å². The summed E-state index contributed by atoms with van der Waals surface area (Å²) in [7, 11) is 1.60. The lowest BCUT2D eigenvalue weighted by Gasteiger charge is -2.15. The third-order valence-corrected chi connectivity index (χ3v) is 2.69. The van der Waals surface area contributed by atoms with Crippen LogP contribution in [0.2, 0.25) is 0 Å². The van der Waals surface area contributed by atoms with Gasteiger partial charge in [-0.3, -0.25) is 9.67 Å². The van der Waals surface area contributed by atoms with E-state index in [1.165, 1.54) is 0 Å². The Bertz CT molecular complexity index is 570. The van der Waals surface area contributed by atoms with Crippen LogP contribution in [0, 0.1) is 18.3 Å². The Hall–Kier alpha value is -2.35. The van der Waals surface area contributed by atoms with Crippen molar-refractivity contribution in [2.75, 3.05) is 7.11 Å². The average Bonchev–Trinajstić information content (AvgIpc) is 2.82. The molecule has 0 radical (unpaired) electrons. The van der Waals surface area contributed by atoms with Crippen LogP contribution in [0.25, 0.3) is 0 Å². The molecule has 0 saturated heterocycles. The fraction of sp³-hybridized carbons (Fsp3) is 0.308. The van der Waals surface area contributed by atoms with Gasteiger partial charge in [0.05, 0.1) is 38.0 Å². The van der Waals surface area contributed by atoms with Crippen molar-refractivity contribution in [2.45, 2.75) is 19.4 Å². The van der Waals surface area contributed by atoms with E-state index in [0.29, 0.717) is 12.2 Å². The Labute approximate surface area is 106 Å². The van der Waals surface area contributed by atoms with E-state index < -0.39 is 0 Å². The molecule has 0 aliphatic rings. The largest absolute Gasteiger partial charge is 0.495 e. The van der Waals surface area contributed by atoms with E-state index in [1.807, 2.05) is 19.2 Å². The van der Waals surface area contributed by atoms with Crippen molar-refractivity contribution in [2.24, 2.45) is 0 Å². The molecule has 5 nitrogen and oxygen atoms in total. The van der Waals surface area contributed by atoms with E-state index in [4.69, 9.17) is 10.00 Å². The van der Waals surface area contributed by atoms with Gasteiger partial charge in [-0.1, -0.05) is 0 Å². The average molecular weight is 242 g/mol. The molecule has 18 heavy (non-hydrogen) atoms. The van der Waals surface area contributed by atoms with Gasteiger partial charge in [-0.05, 0) is 24.1 Å². The minimum absolute atomic E-state index is 0.133. The Morgan fingerprint density at radius 1 is 1.44 bits per heavy atom. The minimum atomic E-state index is -0.133. The van der Waals surface area contributed by atoms with Crippen molar-refractivity contribution in [3.8, 4) is 11.8 Å². The van der Waals surface area contributed by atoms with Gasteiger partial charge in [0.15, 0.2) is 0 Å². The molecular weight excluding hydrogens is 228 g/mol. The van der Waals surface area contributed by atoms with Crippen molar-refractivity contribution in [1.29, 1.82) is 5.26 Å². The number of nitrogens with zero attached hydrogens (tertiary/aromatic N) is 4. The summed E-state index contributed by atoms with van der Waals surface area (Å²) in [5.41, 5.74) is 1.98. The number of aromatic nitrogens is 3. The van der Waals surface area contributed by atoms with Crippen LogP contribution in [0.3, 0.4) is 0 Å². The predicted octanol–water partition coefficient (Wildman–Crippen LogP) is 2.10. The van der Waals surface area contributed by atoms with Crippen LogP contribution in [0.15, 0.2) is 30.9 Å². The number of pyridine rings is 1. The zero-order valence-electron chi connectivity index (χ0n) is 10.4. The summed E-state index contributed by atoms with van der Waals surface area (Å²) in [4.78, 5) is 4.12. The van der Waals surface area contributed by atoms with Crippen molar-refractivity contribution in [3.63, 3.8) is 0 Å². The van der Waals surface area contributed by atoms with E-state index in [2.05, 4.69) is 16.2 Å². The van der Waals surface area contributed by atoms with Crippen molar-refractivity contribution in [1.82, 2.24) is 14.8 Å². The second kappa shape index (κ2) is 5.32. The number of ether oxygens (including phenoxy) is 1. The number of methoxy groups -OCH3 is 1. The van der Waals surface area contributed by atoms with Gasteiger partial charge in [-0.2, -0.15) is 10.4 Å². The van der Waals surface area contributed by atoms with Gasteiger partial charge in [0, 0.05) is 12.4 Å². The molecule has 1 unspecified atom stereocenters. The lowest BCUT2D eigenvalue weighted by molar-refractivity contribution is 0.410. The second-order valence-corrected chi connectivity index (χ2v) is 4.03. The SMILES string of the molecule is COc1cncc(C(CC#N)n2cc(C)cn2)c1. The second-order valence-electron chi connectivity index (χ2n) is 4.03. The van der Waals surface area contributed by atoms with Gasteiger partial charge in [0.2, 0.25) is 0 Å². The van der Waals surface area contributed by atoms with Crippen LogP contribution in [0.1, 0.15) is 23.6 Å². The quantitative estimate of drug-likeness (QED) is 0.823. The molecule has 2 aromatic rings. The van der Waals surface area contributed by atoms with Crippen molar-refractivity contribution in [3.05, 3.63) is 42.0 Å². The Kier molecular flexibility index (Phi) is 3.58. The van der Waals surface area contributed by atoms with Gasteiger partial charge in [0.25, 0.3) is 0 Å². The van der Waals surface area contributed by atoms with Gasteiger partial charge in [0.1, 0.15) is 5.75 Å². The molecule has 0 spiro atoms. The smallest absolute Gasteiger partial charge is 0.137 e. The monoisotopic (exact) mass is 242 g/mol. The molecule has 0 N–H and O–H groups in total. The molecule has 2 heterocycles. The van der Waals surface area contributed by atoms with Gasteiger partial charge < -0.3 is 4.74 Å². The van der Waals surface area contributed by atoms with Crippen LogP contribution in [0.4, 0.5) is 0 Å². The maximum atomic E-state index is 8.95. The molecule has 0 fully saturated rings. The lowest BCUT2D eigenvalue weighted by Crippen LogP contribution is -2.11. The summed E-state index contributed by atoms with van der Waals surface area (Å²) in [6.07, 6.45) is 7.41. The molecule has 2 aromatic heterocycles. The number of rotatable bonds is 4. The first-order valence-corrected chi connectivity index (χ1v) is 5.61. The Balaban J connectivity index is 2.38. The first-order chi connectivity index (χ1) is 8.74. The first kappa shape index (κ1) is 12.1. The highest BCUT2D eigenvalue weighted by Gasteiger charge is 2.15. The summed E-state index contributed by atoms with van der Waals surface area (Å²) in [5, 5.41) is 13.2. The van der Waals surface area contributed by atoms with Crippen LogP contribution in [-0.4, -0.2) is 21.9 Å². The highest BCUT2D eigenvalue weighted by atomic mass is 16.5. The third-order valence-electron chi connectivity index (χ3n) is 2.69. The Morgan fingerprint density at radius 3 is 2.89 bits per heavy atom. The number of hydrogen-bond donors (Lipinski definition) is 0. The Morgan fingerprint density at radius 2 is 2.28 bits per heavy atom. The summed E-state index contributed by atoms with van der Waals surface area (Å²) < 4.78 is 6.94. The molecule has 0 aromatic carbocycles. The molecule has 92 valence electrons. The standard InChI is InChI=1S/C13H14N4O/c1-10-6-16-17(9-10)13(3-4-14)11-5-12(18-2)8-15-7-11/h5-9,13H,3H2,1-2H3. The molecule has 0 bridgehead atoms. The third kappa shape index (κ3) is 2.48. The highest BCUT2D eigenvalue weighted by molar-refractivity contribution is 5.27. The first-order valence-electron chi connectivity index (χ1n) is 5.61. The summed E-state index contributed by atoms with van der Waals surface area (Å²) in [5.74, 6) is 0.680. The van der Waals surface area contributed by atoms with Crippen molar-refractivity contribution < 1.29 is 4.74 Å². The molecule has 0 saturated carbocycles. The van der Waals surface area contributed by atoms with Gasteiger partial charge >= 0.3 is 0 Å². The minimum Gasteiger partial charge on any atom is -0.495 e. The predicted molar refractivity (Wildman–Crippen MR) is 66.1 cm³/mol. The molecule has 0 amide bonds. The molecular formula is C13H14N4O. The van der Waals surface area contributed by atoms with E-state index in [1.54, 1.807) is 30.4 Å². The zero-order chi connectivity index (χ0) is 13.0. The highest BCUT2D eigenvalue weighted by Crippen LogP contribution is 2.23. The van der Waals surface area contributed by atoms with E-state index in [9.17, 15) is 0 Å². The van der Waals surface area contributed by atoms with Crippen LogP contribution in [0.5, 0.6) is 5.75 Å². The molecule has 1 atom stereocenters. The van der Waals surface area contributed by atoms with Crippen molar-refractivity contribution >= 4 is 0 Å². The number of aryl methyl sites for hydroxylation is 1. The van der Waals surface area contributed by atoms with E-state index in [-0.39, 0.29) is 6.04 Å². The van der Waals surface area contributed by atoms with Gasteiger partial charge in [-0.25, -0.2) is 0 Å². The number of nitriles is 1. The maximum Gasteiger partial charge on any atom is 0.137 e.